The molecule has 1 aliphatic carbocycles. The van der Waals surface area contributed by atoms with Gasteiger partial charge in [0.15, 0.2) is 0 Å². The molecule has 1 aliphatic heterocycles. The zero-order valence-corrected chi connectivity index (χ0v) is 28.6. The van der Waals surface area contributed by atoms with Crippen LogP contribution >= 0.6 is 11.3 Å². The quantitative estimate of drug-likeness (QED) is 0.180. The second-order valence-corrected chi connectivity index (χ2v) is 14.0. The van der Waals surface area contributed by atoms with Crippen LogP contribution in [0.3, 0.4) is 0 Å². The van der Waals surface area contributed by atoms with Crippen molar-refractivity contribution in [2.24, 2.45) is 7.05 Å². The van der Waals surface area contributed by atoms with Crippen LogP contribution in [0.2, 0.25) is 0 Å². The van der Waals surface area contributed by atoms with E-state index in [1.807, 2.05) is 55.3 Å². The van der Waals surface area contributed by atoms with Gasteiger partial charge in [0.1, 0.15) is 46.5 Å². The van der Waals surface area contributed by atoms with E-state index in [-0.39, 0.29) is 45.9 Å². The number of carbonyl (C=O) groups is 1. The van der Waals surface area contributed by atoms with E-state index in [0.29, 0.717) is 46.7 Å². The molecule has 50 heavy (non-hydrogen) atoms. The van der Waals surface area contributed by atoms with Gasteiger partial charge in [-0.3, -0.25) is 9.48 Å². The summed E-state index contributed by atoms with van der Waals surface area (Å²) in [5.74, 6) is -1.95. The number of aryl methyl sites for hydroxylation is 2. The summed E-state index contributed by atoms with van der Waals surface area (Å²) in [4.78, 5) is 24.3. The van der Waals surface area contributed by atoms with Gasteiger partial charge < -0.3 is 19.3 Å². The summed E-state index contributed by atoms with van der Waals surface area (Å²) in [6.45, 7) is 9.75. The molecule has 0 unspecified atom stereocenters. The van der Waals surface area contributed by atoms with Gasteiger partial charge in [-0.1, -0.05) is 12.6 Å². The number of amides is 1. The van der Waals surface area contributed by atoms with Crippen molar-refractivity contribution in [1.82, 2.24) is 29.2 Å². The molecule has 4 aromatic heterocycles. The molecule has 256 valence electrons. The summed E-state index contributed by atoms with van der Waals surface area (Å²) in [5.41, 5.74) is 3.86. The number of hydrogen-bond acceptors (Lipinski definition) is 7. The normalized spacial score (nSPS) is 20.3. The fourth-order valence-corrected chi connectivity index (χ4v) is 8.07. The number of ether oxygens (including phenoxy) is 1. The number of rotatable bonds is 6. The number of fused-ring (bicyclic) bond motifs is 3. The van der Waals surface area contributed by atoms with Gasteiger partial charge in [-0.15, -0.1) is 11.3 Å². The van der Waals surface area contributed by atoms with E-state index in [4.69, 9.17) is 14.8 Å². The van der Waals surface area contributed by atoms with Crippen molar-refractivity contribution >= 4 is 38.4 Å². The van der Waals surface area contributed by atoms with E-state index < -0.39 is 29.7 Å². The van der Waals surface area contributed by atoms with E-state index in [9.17, 15) is 14.3 Å². The molecule has 1 N–H and O–H groups in total. The number of imidazole rings is 1. The largest absolute Gasteiger partial charge is 0.489 e. The predicted molar refractivity (Wildman–Crippen MR) is 185 cm³/mol. The van der Waals surface area contributed by atoms with Crippen molar-refractivity contribution in [1.29, 1.82) is 0 Å². The summed E-state index contributed by atoms with van der Waals surface area (Å²) < 4.78 is 57.7. The molecule has 0 saturated heterocycles. The zero-order valence-electron chi connectivity index (χ0n) is 27.7. The molecule has 1 amide bonds. The number of aliphatic hydroxyl groups excluding tert-OH is 1. The van der Waals surface area contributed by atoms with E-state index >= 15 is 8.78 Å². The van der Waals surface area contributed by atoms with Crippen molar-refractivity contribution in [2.75, 3.05) is 6.54 Å². The number of carbonyl (C=O) groups excluding carboxylic acids is 1. The Bertz CT molecular complexity index is 2380. The Balaban J connectivity index is 1.42. The molecule has 9 nitrogen and oxygen atoms in total. The van der Waals surface area contributed by atoms with Crippen LogP contribution in [0.25, 0.3) is 54.9 Å². The van der Waals surface area contributed by atoms with Gasteiger partial charge in [-0.05, 0) is 45.0 Å². The van der Waals surface area contributed by atoms with E-state index in [2.05, 4.69) is 11.6 Å². The smallest absolute Gasteiger partial charge is 0.246 e. The monoisotopic (exact) mass is 698 g/mol. The maximum absolute atomic E-state index is 16.3. The van der Waals surface area contributed by atoms with Gasteiger partial charge in [0.2, 0.25) is 5.91 Å². The van der Waals surface area contributed by atoms with Crippen LogP contribution in [0.4, 0.5) is 13.2 Å². The number of thiophene rings is 1. The molecule has 0 spiro atoms. The fraction of sp³-hybridized carbons (Fsp3) is 0.297. The molecule has 6 aromatic rings. The minimum Gasteiger partial charge on any atom is -0.489 e. The Morgan fingerprint density at radius 3 is 2.58 bits per heavy atom. The van der Waals surface area contributed by atoms with E-state index in [1.165, 1.54) is 11.5 Å². The first-order chi connectivity index (χ1) is 23.9. The second kappa shape index (κ2) is 11.8. The number of halogens is 3. The molecular formula is C37H33F3N6O3S. The topological polar surface area (TPSA) is 98.3 Å². The Morgan fingerprint density at radius 2 is 1.84 bits per heavy atom. The number of hydrogen-bond donors (Lipinski definition) is 1. The maximum atomic E-state index is 16.3. The highest BCUT2D eigenvalue weighted by Crippen LogP contribution is 2.49. The Morgan fingerprint density at radius 1 is 1.06 bits per heavy atom. The van der Waals surface area contributed by atoms with Crippen LogP contribution < -0.4 is 4.74 Å². The molecule has 5 heterocycles. The maximum Gasteiger partial charge on any atom is 0.246 e. The minimum atomic E-state index is -0.957. The van der Waals surface area contributed by atoms with Gasteiger partial charge >= 0.3 is 0 Å². The predicted octanol–water partition coefficient (Wildman–Crippen LogP) is 7.66. The average Bonchev–Trinajstić information content (AvgIpc) is 3.77. The van der Waals surface area contributed by atoms with Crippen molar-refractivity contribution < 1.29 is 27.8 Å². The first-order valence-corrected chi connectivity index (χ1v) is 17.2. The number of pyridine rings is 1. The van der Waals surface area contributed by atoms with Crippen molar-refractivity contribution in [3.05, 3.63) is 83.4 Å². The third-order valence-corrected chi connectivity index (χ3v) is 10.9. The summed E-state index contributed by atoms with van der Waals surface area (Å²) in [6, 6.07) is 8.69. The molecule has 1 saturated carbocycles. The third kappa shape index (κ3) is 5.01. The number of aliphatic hydroxyl groups is 1. The Labute approximate surface area is 289 Å². The second-order valence-electron chi connectivity index (χ2n) is 13.1. The van der Waals surface area contributed by atoms with Crippen LogP contribution in [-0.4, -0.2) is 59.0 Å². The third-order valence-electron chi connectivity index (χ3n) is 9.92. The number of aromatic nitrogens is 5. The molecule has 0 radical (unpaired) electrons. The fourth-order valence-electron chi connectivity index (χ4n) is 7.14. The van der Waals surface area contributed by atoms with Crippen molar-refractivity contribution in [3.63, 3.8) is 0 Å². The lowest BCUT2D eigenvalue weighted by molar-refractivity contribution is -0.129. The van der Waals surface area contributed by atoms with Crippen LogP contribution in [0, 0.1) is 24.4 Å². The highest BCUT2D eigenvalue weighted by atomic mass is 32.1. The Kier molecular flexibility index (Phi) is 7.60. The molecule has 2 aromatic carbocycles. The minimum absolute atomic E-state index is 0.0689. The van der Waals surface area contributed by atoms with Crippen molar-refractivity contribution in [3.8, 4) is 39.5 Å². The summed E-state index contributed by atoms with van der Waals surface area (Å²) >= 11 is 1.13. The van der Waals surface area contributed by atoms with Gasteiger partial charge in [-0.25, -0.2) is 23.1 Å². The van der Waals surface area contributed by atoms with Gasteiger partial charge in [0, 0.05) is 60.5 Å². The van der Waals surface area contributed by atoms with Crippen LogP contribution in [-0.2, 0) is 11.8 Å². The highest BCUT2D eigenvalue weighted by molar-refractivity contribution is 7.17. The summed E-state index contributed by atoms with van der Waals surface area (Å²) in [6.07, 6.45) is 0.806. The number of benzene rings is 2. The first-order valence-electron chi connectivity index (χ1n) is 16.3. The van der Waals surface area contributed by atoms with Crippen LogP contribution in [0.5, 0.6) is 5.75 Å². The van der Waals surface area contributed by atoms with Gasteiger partial charge in [0.25, 0.3) is 0 Å². The standard InChI is InChI=1S/C37H33F3N6O3S/c1-6-31(48)45-15-17(2)46-29(18(45)3)14-27(43-46)36-34(32-24(39)10-21(38)11-30(32)49-23-12-22(47)13-23)33-25(40)16-50-37(33)35(42-36)20-7-8-28-26(9-20)41-19(4)44(28)5/h6-11,14,16-18,22-23,47H,1,12-13,15H2,2-5H3/t17-,18+,22?,23?/m0/s1. The van der Waals surface area contributed by atoms with Gasteiger partial charge in [-0.2, -0.15) is 5.10 Å². The number of nitrogens with zero attached hydrogens (tertiary/aromatic N) is 6. The molecule has 2 aliphatic rings. The SMILES string of the molecule is C=CC(=O)N1C[C@H](C)n2nc(-c3nc(-c4ccc5c(c4)nc(C)n5C)c4scc(F)c4c3-c3c(F)cc(F)cc3OC3CC(O)C3)cc2[C@H]1C. The zero-order chi connectivity index (χ0) is 35.2. The highest BCUT2D eigenvalue weighted by Gasteiger charge is 2.36. The lowest BCUT2D eigenvalue weighted by Gasteiger charge is -2.36. The van der Waals surface area contributed by atoms with E-state index in [1.54, 1.807) is 11.0 Å². The molecule has 8 rings (SSSR count). The molecule has 1 fully saturated rings. The molecule has 13 heteroatoms. The molecule has 0 bridgehead atoms. The molecule has 2 atom stereocenters. The van der Waals surface area contributed by atoms with E-state index in [0.717, 1.165) is 40.3 Å². The lowest BCUT2D eigenvalue weighted by Crippen LogP contribution is -2.42. The summed E-state index contributed by atoms with van der Waals surface area (Å²) in [7, 11) is 1.93. The molecular weight excluding hydrogens is 666 g/mol. The lowest BCUT2D eigenvalue weighted by atomic mass is 9.91. The Hall–Kier alpha value is -5.01. The first kappa shape index (κ1) is 32.2. The van der Waals surface area contributed by atoms with Crippen LogP contribution in [0.15, 0.2) is 54.4 Å². The van der Waals surface area contributed by atoms with Gasteiger partial charge in [0.05, 0.1) is 50.9 Å². The van der Waals surface area contributed by atoms with Crippen molar-refractivity contribution in [2.45, 2.75) is 57.9 Å². The van der Waals surface area contributed by atoms with Crippen LogP contribution in [0.1, 0.15) is 50.3 Å². The summed E-state index contributed by atoms with van der Waals surface area (Å²) in [5, 5.41) is 16.3. The average molecular weight is 699 g/mol.